The third kappa shape index (κ3) is 5.52. The number of Topliss-reactive ketones (excluding diaryl/α,β-unsaturated/α-hetero) is 1. The number of esters is 1. The van der Waals surface area contributed by atoms with Gasteiger partial charge in [0, 0.05) is 40.4 Å². The molecule has 0 radical (unpaired) electrons. The molecule has 0 saturated carbocycles. The van der Waals surface area contributed by atoms with E-state index in [1.165, 1.54) is 0 Å². The lowest BCUT2D eigenvalue weighted by Crippen LogP contribution is -2.36. The fourth-order valence-corrected chi connectivity index (χ4v) is 5.09. The van der Waals surface area contributed by atoms with Crippen molar-refractivity contribution in [1.29, 1.82) is 0 Å². The topological polar surface area (TPSA) is 73.9 Å². The predicted molar refractivity (Wildman–Crippen MR) is 137 cm³/mol. The predicted octanol–water partition coefficient (Wildman–Crippen LogP) is 5.40. The van der Waals surface area contributed by atoms with Crippen LogP contribution in [0.4, 0.5) is 0 Å². The molecule has 0 unspecified atom stereocenters. The van der Waals surface area contributed by atoms with Gasteiger partial charge in [0.05, 0.1) is 19.3 Å². The van der Waals surface area contributed by atoms with Gasteiger partial charge >= 0.3 is 5.97 Å². The van der Waals surface area contributed by atoms with E-state index in [1.807, 2.05) is 62.4 Å². The smallest absolute Gasteiger partial charge is 0.336 e. The van der Waals surface area contributed by atoms with Crippen LogP contribution in [0, 0.1) is 0 Å². The summed E-state index contributed by atoms with van der Waals surface area (Å²) in [6.07, 6.45) is 1.07. The molecule has 1 heterocycles. The van der Waals surface area contributed by atoms with Crippen LogP contribution < -0.4 is 10.1 Å². The molecule has 6 nitrogen and oxygen atoms in total. The van der Waals surface area contributed by atoms with Gasteiger partial charge < -0.3 is 19.5 Å². The van der Waals surface area contributed by atoms with Crippen molar-refractivity contribution in [2.75, 3.05) is 26.9 Å². The van der Waals surface area contributed by atoms with Gasteiger partial charge in [-0.2, -0.15) is 0 Å². The van der Waals surface area contributed by atoms with Gasteiger partial charge in [-0.1, -0.05) is 40.2 Å². The maximum absolute atomic E-state index is 13.6. The fraction of sp³-hybridized carbons (Fsp3) is 0.357. The van der Waals surface area contributed by atoms with Crippen LogP contribution in [0.15, 0.2) is 75.5 Å². The number of dihydropyridines is 1. The molecule has 2 aliphatic rings. The molecular formula is C28H30BrNO5. The Morgan fingerprint density at radius 3 is 2.37 bits per heavy atom. The third-order valence-electron chi connectivity index (χ3n) is 6.50. The van der Waals surface area contributed by atoms with E-state index >= 15 is 0 Å². The average Bonchev–Trinajstić information content (AvgIpc) is 2.86. The Kier molecular flexibility index (Phi) is 8.08. The lowest BCUT2D eigenvalue weighted by Gasteiger charge is -2.36. The van der Waals surface area contributed by atoms with Crippen molar-refractivity contribution >= 4 is 27.7 Å². The molecule has 1 N–H and O–H groups in total. The SMILES string of the molecule is CCOCCOC(=O)C1=C(C)NC2=C(C(=O)C[C@@H](c3ccc(OC)cc3)C2)[C@@H]1c1ccc(Br)cc1. The Balaban J connectivity index is 1.69. The van der Waals surface area contributed by atoms with Crippen molar-refractivity contribution in [2.24, 2.45) is 0 Å². The summed E-state index contributed by atoms with van der Waals surface area (Å²) in [4.78, 5) is 26.9. The summed E-state index contributed by atoms with van der Waals surface area (Å²) in [5.41, 5.74) is 4.68. The molecule has 2 atom stereocenters. The highest BCUT2D eigenvalue weighted by Gasteiger charge is 2.41. The third-order valence-corrected chi connectivity index (χ3v) is 7.03. The number of ether oxygens (including phenoxy) is 3. The summed E-state index contributed by atoms with van der Waals surface area (Å²) in [5, 5.41) is 3.39. The number of hydrogen-bond donors (Lipinski definition) is 1. The van der Waals surface area contributed by atoms with Crippen LogP contribution in [-0.2, 0) is 19.1 Å². The molecule has 184 valence electrons. The number of carbonyl (C=O) groups excluding carboxylic acids is 2. The summed E-state index contributed by atoms with van der Waals surface area (Å²) in [7, 11) is 1.64. The number of allylic oxidation sites excluding steroid dienone is 3. The van der Waals surface area contributed by atoms with Crippen LogP contribution in [0.2, 0.25) is 0 Å². The highest BCUT2D eigenvalue weighted by molar-refractivity contribution is 9.10. The molecule has 0 fully saturated rings. The number of ketones is 1. The second-order valence-corrected chi connectivity index (χ2v) is 9.59. The maximum Gasteiger partial charge on any atom is 0.336 e. The van der Waals surface area contributed by atoms with Gasteiger partial charge in [-0.25, -0.2) is 4.79 Å². The van der Waals surface area contributed by atoms with E-state index in [1.54, 1.807) is 7.11 Å². The highest BCUT2D eigenvalue weighted by atomic mass is 79.9. The minimum absolute atomic E-state index is 0.0413. The lowest BCUT2D eigenvalue weighted by molar-refractivity contribution is -0.140. The Hall–Kier alpha value is -2.90. The van der Waals surface area contributed by atoms with Crippen LogP contribution in [0.3, 0.4) is 0 Å². The first kappa shape index (κ1) is 25.2. The zero-order valence-corrected chi connectivity index (χ0v) is 21.8. The number of nitrogens with one attached hydrogen (secondary N) is 1. The molecule has 0 amide bonds. The average molecular weight is 540 g/mol. The molecule has 0 saturated heterocycles. The van der Waals surface area contributed by atoms with Crippen LogP contribution in [0.5, 0.6) is 5.75 Å². The first-order valence-corrected chi connectivity index (χ1v) is 12.6. The van der Waals surface area contributed by atoms with Gasteiger partial charge in [-0.3, -0.25) is 4.79 Å². The van der Waals surface area contributed by atoms with Gasteiger partial charge in [0.15, 0.2) is 5.78 Å². The van der Waals surface area contributed by atoms with E-state index in [9.17, 15) is 9.59 Å². The maximum atomic E-state index is 13.6. The summed E-state index contributed by atoms with van der Waals surface area (Å²) in [6, 6.07) is 15.6. The molecule has 1 aliphatic heterocycles. The van der Waals surface area contributed by atoms with Crippen molar-refractivity contribution < 1.29 is 23.8 Å². The van der Waals surface area contributed by atoms with Gasteiger partial charge in [0.2, 0.25) is 0 Å². The molecule has 4 rings (SSSR count). The first-order chi connectivity index (χ1) is 16.9. The largest absolute Gasteiger partial charge is 0.497 e. The van der Waals surface area contributed by atoms with Crippen LogP contribution in [0.25, 0.3) is 0 Å². The Morgan fingerprint density at radius 2 is 1.71 bits per heavy atom. The molecule has 35 heavy (non-hydrogen) atoms. The number of methoxy groups -OCH3 is 1. The standard InChI is InChI=1S/C28H30BrNO5/c1-4-34-13-14-35-28(32)25-17(2)30-23-15-20(18-7-11-22(33-3)12-8-18)16-24(31)27(23)26(25)19-5-9-21(29)10-6-19/h5-12,20,26,30H,4,13-16H2,1-3H3/t20-,26+/m0/s1. The van der Waals surface area contributed by atoms with Crippen molar-refractivity contribution in [1.82, 2.24) is 5.32 Å². The minimum Gasteiger partial charge on any atom is -0.497 e. The quantitative estimate of drug-likeness (QED) is 0.357. The fourth-order valence-electron chi connectivity index (χ4n) is 4.83. The Labute approximate surface area is 214 Å². The number of benzene rings is 2. The van der Waals surface area contributed by atoms with E-state index in [2.05, 4.69) is 21.2 Å². The second-order valence-electron chi connectivity index (χ2n) is 8.67. The van der Waals surface area contributed by atoms with Gasteiger partial charge in [0.25, 0.3) is 0 Å². The van der Waals surface area contributed by atoms with Gasteiger partial charge in [0.1, 0.15) is 12.4 Å². The van der Waals surface area contributed by atoms with Crippen LogP contribution in [-0.4, -0.2) is 38.7 Å². The number of hydrogen-bond acceptors (Lipinski definition) is 6. The molecular weight excluding hydrogens is 510 g/mol. The van der Waals surface area contributed by atoms with E-state index in [0.29, 0.717) is 42.9 Å². The monoisotopic (exact) mass is 539 g/mol. The number of rotatable bonds is 8. The molecule has 2 aromatic carbocycles. The molecule has 7 heteroatoms. The summed E-state index contributed by atoms with van der Waals surface area (Å²) in [5.74, 6) is -0.0343. The van der Waals surface area contributed by atoms with Crippen molar-refractivity contribution in [3.63, 3.8) is 0 Å². The Morgan fingerprint density at radius 1 is 1.03 bits per heavy atom. The second kappa shape index (κ2) is 11.2. The number of carbonyl (C=O) groups is 2. The minimum atomic E-state index is -0.483. The first-order valence-electron chi connectivity index (χ1n) is 11.8. The molecule has 1 aliphatic carbocycles. The zero-order chi connectivity index (χ0) is 24.9. The molecule has 0 aromatic heterocycles. The van der Waals surface area contributed by atoms with Crippen LogP contribution in [0.1, 0.15) is 49.7 Å². The van der Waals surface area contributed by atoms with E-state index in [0.717, 1.165) is 27.0 Å². The van der Waals surface area contributed by atoms with E-state index in [4.69, 9.17) is 14.2 Å². The molecule has 0 bridgehead atoms. The molecule has 2 aromatic rings. The van der Waals surface area contributed by atoms with Crippen molar-refractivity contribution in [3.8, 4) is 5.75 Å². The normalized spacial score (nSPS) is 19.8. The highest BCUT2D eigenvalue weighted by Crippen LogP contribution is 2.46. The number of halogens is 1. The Bertz CT molecular complexity index is 1150. The van der Waals surface area contributed by atoms with Crippen molar-refractivity contribution in [2.45, 2.75) is 38.5 Å². The summed E-state index contributed by atoms with van der Waals surface area (Å²) < 4.78 is 17.1. The van der Waals surface area contributed by atoms with Crippen LogP contribution >= 0.6 is 15.9 Å². The summed E-state index contributed by atoms with van der Waals surface area (Å²) in [6.45, 7) is 4.82. The van der Waals surface area contributed by atoms with E-state index < -0.39 is 11.9 Å². The van der Waals surface area contributed by atoms with Crippen molar-refractivity contribution in [3.05, 3.63) is 86.7 Å². The summed E-state index contributed by atoms with van der Waals surface area (Å²) >= 11 is 3.48. The van der Waals surface area contributed by atoms with E-state index in [-0.39, 0.29) is 18.3 Å². The van der Waals surface area contributed by atoms with Gasteiger partial charge in [-0.05, 0) is 61.6 Å². The van der Waals surface area contributed by atoms with Gasteiger partial charge in [-0.15, -0.1) is 0 Å². The lowest BCUT2D eigenvalue weighted by atomic mass is 9.72. The zero-order valence-electron chi connectivity index (χ0n) is 20.2. The molecule has 0 spiro atoms.